The Labute approximate surface area is 203 Å². The molecule has 4 rings (SSSR count). The van der Waals surface area contributed by atoms with Gasteiger partial charge in [0.25, 0.3) is 0 Å². The van der Waals surface area contributed by atoms with Crippen molar-refractivity contribution in [1.29, 1.82) is 0 Å². The van der Waals surface area contributed by atoms with E-state index >= 15 is 0 Å². The molecule has 0 bridgehead atoms. The highest BCUT2D eigenvalue weighted by atomic mass is 35.5. The highest BCUT2D eigenvalue weighted by Crippen LogP contribution is 2.68. The average Bonchev–Trinajstić information content (AvgIpc) is 3.10. The Balaban J connectivity index is 1.59. The Morgan fingerprint density at radius 2 is 1.79 bits per heavy atom. The van der Waals surface area contributed by atoms with Crippen LogP contribution < -0.4 is 0 Å². The topological polar surface area (TPSA) is 71.4 Å². The minimum Gasteiger partial charge on any atom is -0.481 e. The van der Waals surface area contributed by atoms with Crippen molar-refractivity contribution < 1.29 is 19.5 Å². The summed E-state index contributed by atoms with van der Waals surface area (Å²) in [5.74, 6) is 0.0894. The SMILES string of the molecule is C=C(C(=O)CC(C(=O)O)[C@H]1CCC2C3CCC4=C(Cl)C(=O)CC[C@]4(C)C3CC[C@@]21C)C(C)C. The number of hydrogen-bond acceptors (Lipinski definition) is 3. The lowest BCUT2D eigenvalue weighted by Crippen LogP contribution is -2.51. The summed E-state index contributed by atoms with van der Waals surface area (Å²) in [6, 6.07) is 0. The predicted octanol–water partition coefficient (Wildman–Crippen LogP) is 6.57. The van der Waals surface area contributed by atoms with E-state index in [1.807, 2.05) is 13.8 Å². The molecule has 0 aliphatic heterocycles. The number of carbonyl (C=O) groups is 3. The fourth-order valence-electron chi connectivity index (χ4n) is 8.41. The van der Waals surface area contributed by atoms with Crippen LogP contribution in [0.15, 0.2) is 22.8 Å². The molecule has 4 aliphatic rings. The first-order valence-corrected chi connectivity index (χ1v) is 13.2. The van der Waals surface area contributed by atoms with E-state index in [0.717, 1.165) is 44.9 Å². The fraction of sp³-hybridized carbons (Fsp3) is 0.750. The van der Waals surface area contributed by atoms with Gasteiger partial charge < -0.3 is 5.11 Å². The van der Waals surface area contributed by atoms with E-state index in [1.165, 1.54) is 5.57 Å². The summed E-state index contributed by atoms with van der Waals surface area (Å²) in [5, 5.41) is 10.6. The molecule has 0 aromatic rings. The number of carboxylic acids is 1. The predicted molar refractivity (Wildman–Crippen MR) is 130 cm³/mol. The third-order valence-corrected chi connectivity index (χ3v) is 10.8. The normalized spacial score (nSPS) is 39.0. The molecule has 4 unspecified atom stereocenters. The second-order valence-corrected chi connectivity index (χ2v) is 12.4. The maximum atomic E-state index is 12.8. The van der Waals surface area contributed by atoms with E-state index < -0.39 is 11.9 Å². The molecular formula is C28H39ClO4. The molecule has 4 nitrogen and oxygen atoms in total. The number of carboxylic acid groups (broad SMARTS) is 1. The summed E-state index contributed by atoms with van der Waals surface area (Å²) in [4.78, 5) is 37.4. The van der Waals surface area contributed by atoms with Gasteiger partial charge in [0.05, 0.1) is 11.0 Å². The van der Waals surface area contributed by atoms with Crippen LogP contribution in [0.3, 0.4) is 0 Å². The maximum Gasteiger partial charge on any atom is 0.307 e. The molecule has 1 N–H and O–H groups in total. The minimum absolute atomic E-state index is 0.00943. The van der Waals surface area contributed by atoms with Gasteiger partial charge in [-0.25, -0.2) is 0 Å². The molecule has 0 saturated heterocycles. The minimum atomic E-state index is -0.840. The lowest BCUT2D eigenvalue weighted by Gasteiger charge is -2.58. The molecule has 33 heavy (non-hydrogen) atoms. The van der Waals surface area contributed by atoms with Crippen molar-refractivity contribution in [1.82, 2.24) is 0 Å². The Kier molecular flexibility index (Phi) is 6.48. The van der Waals surface area contributed by atoms with Crippen molar-refractivity contribution in [2.24, 2.45) is 46.3 Å². The number of carbonyl (C=O) groups excluding carboxylic acids is 2. The molecule has 4 aliphatic carbocycles. The number of aliphatic carboxylic acids is 1. The zero-order chi connectivity index (χ0) is 24.3. The first kappa shape index (κ1) is 24.7. The van der Waals surface area contributed by atoms with E-state index in [4.69, 9.17) is 11.6 Å². The van der Waals surface area contributed by atoms with E-state index in [9.17, 15) is 19.5 Å². The second-order valence-electron chi connectivity index (χ2n) is 12.0. The summed E-state index contributed by atoms with van der Waals surface area (Å²) in [6.07, 6.45) is 7.35. The Hall–Kier alpha value is -1.42. The average molecular weight is 475 g/mol. The number of halogens is 1. The van der Waals surface area contributed by atoms with E-state index in [1.54, 1.807) is 0 Å². The van der Waals surface area contributed by atoms with Gasteiger partial charge >= 0.3 is 5.97 Å². The summed E-state index contributed by atoms with van der Waals surface area (Å²) < 4.78 is 0. The lowest BCUT2D eigenvalue weighted by atomic mass is 9.46. The second kappa shape index (κ2) is 8.66. The van der Waals surface area contributed by atoms with Crippen molar-refractivity contribution in [3.8, 4) is 0 Å². The van der Waals surface area contributed by atoms with Gasteiger partial charge in [0.15, 0.2) is 11.6 Å². The molecule has 0 aromatic heterocycles. The number of hydrogen-bond donors (Lipinski definition) is 1. The van der Waals surface area contributed by atoms with Crippen LogP contribution in [-0.2, 0) is 14.4 Å². The molecule has 3 fully saturated rings. The van der Waals surface area contributed by atoms with Gasteiger partial charge in [-0.3, -0.25) is 14.4 Å². The molecular weight excluding hydrogens is 436 g/mol. The van der Waals surface area contributed by atoms with E-state index in [0.29, 0.717) is 34.8 Å². The van der Waals surface area contributed by atoms with Gasteiger partial charge in [0.2, 0.25) is 0 Å². The largest absolute Gasteiger partial charge is 0.481 e. The summed E-state index contributed by atoms with van der Waals surface area (Å²) in [6.45, 7) is 12.4. The van der Waals surface area contributed by atoms with Crippen LogP contribution in [0.25, 0.3) is 0 Å². The highest BCUT2D eigenvalue weighted by molar-refractivity contribution is 6.43. The van der Waals surface area contributed by atoms with Gasteiger partial charge in [0, 0.05) is 12.8 Å². The molecule has 0 aromatic carbocycles. The smallest absolute Gasteiger partial charge is 0.307 e. The number of fused-ring (bicyclic) bond motifs is 5. The quantitative estimate of drug-likeness (QED) is 0.441. The van der Waals surface area contributed by atoms with Crippen LogP contribution in [0.4, 0.5) is 0 Å². The van der Waals surface area contributed by atoms with Gasteiger partial charge in [-0.15, -0.1) is 0 Å². The number of rotatable bonds is 6. The zero-order valence-electron chi connectivity index (χ0n) is 20.6. The molecule has 3 saturated carbocycles. The van der Waals surface area contributed by atoms with Crippen LogP contribution in [0, 0.1) is 46.3 Å². The first-order chi connectivity index (χ1) is 15.4. The van der Waals surface area contributed by atoms with Gasteiger partial charge in [-0.2, -0.15) is 0 Å². The molecule has 5 heteroatoms. The Morgan fingerprint density at radius 3 is 2.42 bits per heavy atom. The van der Waals surface area contributed by atoms with Crippen LogP contribution in [0.1, 0.15) is 85.5 Å². The van der Waals surface area contributed by atoms with E-state index in [2.05, 4.69) is 20.4 Å². The van der Waals surface area contributed by atoms with Crippen molar-refractivity contribution in [3.63, 3.8) is 0 Å². The lowest BCUT2D eigenvalue weighted by molar-refractivity contribution is -0.149. The van der Waals surface area contributed by atoms with Gasteiger partial charge in [-0.1, -0.05) is 45.9 Å². The van der Waals surface area contributed by atoms with Crippen molar-refractivity contribution in [2.45, 2.75) is 85.5 Å². The summed E-state index contributed by atoms with van der Waals surface area (Å²) >= 11 is 6.52. The van der Waals surface area contributed by atoms with E-state index in [-0.39, 0.29) is 40.7 Å². The van der Waals surface area contributed by atoms with Crippen LogP contribution in [0.2, 0.25) is 0 Å². The Morgan fingerprint density at radius 1 is 1.09 bits per heavy atom. The third kappa shape index (κ3) is 3.85. The standard InChI is InChI=1S/C28H39ClO4/c1-15(2)16(3)24(31)14-18(26(32)33)20-9-8-19-17-6-7-22-25(29)23(30)11-13-28(22,5)21(17)10-12-27(19,20)4/h15,17-21H,3,6-14H2,1-2,4-5H3,(H,32,33)/t17?,18?,19?,20-,21?,27+,28-/m1/s1. The van der Waals surface area contributed by atoms with Crippen molar-refractivity contribution in [3.05, 3.63) is 22.8 Å². The molecule has 0 radical (unpaired) electrons. The van der Waals surface area contributed by atoms with Gasteiger partial charge in [-0.05, 0) is 96.5 Å². The molecule has 0 amide bonds. The van der Waals surface area contributed by atoms with Gasteiger partial charge in [0.1, 0.15) is 0 Å². The summed E-state index contributed by atoms with van der Waals surface area (Å²) in [7, 11) is 0. The number of Topliss-reactive ketones (excluding diaryl/α,β-unsaturated/α-hetero) is 2. The number of allylic oxidation sites excluding steroid dienone is 2. The monoisotopic (exact) mass is 474 g/mol. The van der Waals surface area contributed by atoms with Crippen LogP contribution >= 0.6 is 11.6 Å². The van der Waals surface area contributed by atoms with Crippen LogP contribution in [-0.4, -0.2) is 22.6 Å². The zero-order valence-corrected chi connectivity index (χ0v) is 21.3. The number of ketones is 2. The van der Waals surface area contributed by atoms with Crippen LogP contribution in [0.5, 0.6) is 0 Å². The maximum absolute atomic E-state index is 12.8. The highest BCUT2D eigenvalue weighted by Gasteiger charge is 2.61. The van der Waals surface area contributed by atoms with Crippen molar-refractivity contribution >= 4 is 29.1 Å². The fourth-order valence-corrected chi connectivity index (χ4v) is 8.81. The first-order valence-electron chi connectivity index (χ1n) is 12.8. The summed E-state index contributed by atoms with van der Waals surface area (Å²) in [5.41, 5.74) is 1.65. The van der Waals surface area contributed by atoms with Crippen molar-refractivity contribution in [2.75, 3.05) is 0 Å². The molecule has 0 heterocycles. The third-order valence-electron chi connectivity index (χ3n) is 10.4. The Bertz CT molecular complexity index is 917. The molecule has 7 atom stereocenters. The molecule has 182 valence electrons. The molecule has 0 spiro atoms.